The Bertz CT molecular complexity index is 2780. The molecule has 2 aromatic heterocycles. The van der Waals surface area contributed by atoms with E-state index < -0.39 is 0 Å². The topological polar surface area (TPSA) is 6.48 Å². The molecule has 50 heavy (non-hydrogen) atoms. The highest BCUT2D eigenvalue weighted by Crippen LogP contribution is 2.53. The van der Waals surface area contributed by atoms with Crippen molar-refractivity contribution < 1.29 is 0 Å². The fourth-order valence-corrected chi connectivity index (χ4v) is 9.90. The van der Waals surface area contributed by atoms with Crippen LogP contribution in [0.5, 0.6) is 0 Å². The van der Waals surface area contributed by atoms with E-state index >= 15 is 0 Å². The first kappa shape index (κ1) is 29.0. The number of rotatable bonds is 6. The van der Waals surface area contributed by atoms with Crippen molar-refractivity contribution >= 4 is 108 Å². The van der Waals surface area contributed by atoms with Crippen LogP contribution in [0.2, 0.25) is 0 Å². The first-order valence-corrected chi connectivity index (χ1v) is 18.5. The van der Waals surface area contributed by atoms with E-state index in [-0.39, 0.29) is 0 Å². The Morgan fingerprint density at radius 3 is 1.56 bits per heavy atom. The number of benzene rings is 8. The summed E-state index contributed by atoms with van der Waals surface area (Å²) in [7, 11) is 0. The van der Waals surface area contributed by atoms with Crippen molar-refractivity contribution in [3.05, 3.63) is 182 Å². The summed E-state index contributed by atoms with van der Waals surface area (Å²) in [5, 5.41) is 7.67. The Morgan fingerprint density at radius 1 is 0.300 bits per heavy atom. The average Bonchev–Trinajstić information content (AvgIpc) is 3.77. The maximum absolute atomic E-state index is 2.48. The molecule has 0 aliphatic heterocycles. The molecular formula is C46H30N2S2. The van der Waals surface area contributed by atoms with E-state index in [9.17, 15) is 0 Å². The van der Waals surface area contributed by atoms with Gasteiger partial charge in [-0.25, -0.2) is 0 Å². The van der Waals surface area contributed by atoms with Gasteiger partial charge < -0.3 is 9.80 Å². The van der Waals surface area contributed by atoms with E-state index in [4.69, 9.17) is 0 Å². The largest absolute Gasteiger partial charge is 0.310 e. The van der Waals surface area contributed by atoms with Crippen molar-refractivity contribution in [2.45, 2.75) is 0 Å². The van der Waals surface area contributed by atoms with Gasteiger partial charge in [0.25, 0.3) is 0 Å². The molecule has 0 amide bonds. The lowest BCUT2D eigenvalue weighted by atomic mass is 10.0. The Hall–Kier alpha value is -5.94. The minimum Gasteiger partial charge on any atom is -0.310 e. The van der Waals surface area contributed by atoms with Gasteiger partial charge in [-0.2, -0.15) is 0 Å². The molecule has 0 aliphatic carbocycles. The van der Waals surface area contributed by atoms with Crippen molar-refractivity contribution in [3.8, 4) is 0 Å². The Morgan fingerprint density at radius 2 is 0.840 bits per heavy atom. The molecule has 0 unspecified atom stereocenters. The standard InChI is InChI=1S/C46H30N2S2/c1-4-16-32(17-5-1)47(33-18-6-2-7-19-33)38-28-29-40(46-44(38)43-35-22-11-10-15-31(35)27-30-42(43)50-46)48(34-20-8-3-9-21-34)39-25-14-24-37-36-23-12-13-26-41(36)49-45(37)39/h1-30H. The summed E-state index contributed by atoms with van der Waals surface area (Å²) in [6, 6.07) is 66.0. The highest BCUT2D eigenvalue weighted by molar-refractivity contribution is 7.27. The van der Waals surface area contributed by atoms with Crippen LogP contribution in [0.25, 0.3) is 51.1 Å². The summed E-state index contributed by atoms with van der Waals surface area (Å²) in [6.07, 6.45) is 0. The zero-order valence-electron chi connectivity index (χ0n) is 27.0. The van der Waals surface area contributed by atoms with E-state index in [1.165, 1.54) is 62.5 Å². The number of thiophene rings is 2. The number of anilines is 6. The second-order valence-electron chi connectivity index (χ2n) is 12.5. The quantitative estimate of drug-likeness (QED) is 0.173. The second kappa shape index (κ2) is 11.9. The minimum atomic E-state index is 1.13. The molecule has 10 aromatic rings. The molecule has 0 N–H and O–H groups in total. The number of hydrogen-bond acceptors (Lipinski definition) is 4. The molecule has 8 aromatic carbocycles. The third kappa shape index (κ3) is 4.61. The Balaban J connectivity index is 1.34. The number of hydrogen-bond donors (Lipinski definition) is 0. The molecule has 0 atom stereocenters. The normalized spacial score (nSPS) is 11.6. The van der Waals surface area contributed by atoms with Gasteiger partial charge in [-0.05, 0) is 77.5 Å². The van der Waals surface area contributed by atoms with Crippen molar-refractivity contribution in [2.24, 2.45) is 0 Å². The van der Waals surface area contributed by atoms with Gasteiger partial charge in [0.2, 0.25) is 0 Å². The molecule has 2 nitrogen and oxygen atoms in total. The van der Waals surface area contributed by atoms with Gasteiger partial charge >= 0.3 is 0 Å². The number of fused-ring (bicyclic) bond motifs is 8. The lowest BCUT2D eigenvalue weighted by molar-refractivity contribution is 1.29. The van der Waals surface area contributed by atoms with Crippen LogP contribution in [-0.4, -0.2) is 0 Å². The van der Waals surface area contributed by atoms with Crippen LogP contribution in [-0.2, 0) is 0 Å². The summed E-state index contributed by atoms with van der Waals surface area (Å²) in [5.74, 6) is 0. The third-order valence-electron chi connectivity index (χ3n) is 9.62. The summed E-state index contributed by atoms with van der Waals surface area (Å²) in [4.78, 5) is 4.90. The highest BCUT2D eigenvalue weighted by Gasteiger charge is 2.26. The van der Waals surface area contributed by atoms with Gasteiger partial charge in [-0.15, -0.1) is 22.7 Å². The maximum atomic E-state index is 2.48. The first-order chi connectivity index (χ1) is 24.8. The summed E-state index contributed by atoms with van der Waals surface area (Å²) >= 11 is 3.76. The molecule has 0 saturated carbocycles. The number of para-hydroxylation sites is 3. The molecule has 0 saturated heterocycles. The van der Waals surface area contributed by atoms with E-state index in [2.05, 4.69) is 192 Å². The molecule has 2 heterocycles. The third-order valence-corrected chi connectivity index (χ3v) is 12.0. The van der Waals surface area contributed by atoms with Crippen LogP contribution in [0.4, 0.5) is 34.1 Å². The van der Waals surface area contributed by atoms with E-state index in [0.29, 0.717) is 0 Å². The van der Waals surface area contributed by atoms with Gasteiger partial charge in [-0.1, -0.05) is 115 Å². The molecule has 0 fully saturated rings. The Labute approximate surface area is 298 Å². The van der Waals surface area contributed by atoms with Crippen molar-refractivity contribution in [3.63, 3.8) is 0 Å². The van der Waals surface area contributed by atoms with Crippen LogP contribution in [0.3, 0.4) is 0 Å². The lowest BCUT2D eigenvalue weighted by Gasteiger charge is -2.30. The van der Waals surface area contributed by atoms with Gasteiger partial charge in [0.15, 0.2) is 0 Å². The molecule has 0 bridgehead atoms. The maximum Gasteiger partial charge on any atom is 0.0642 e. The van der Waals surface area contributed by atoms with Gasteiger partial charge in [0.1, 0.15) is 0 Å². The van der Waals surface area contributed by atoms with Crippen molar-refractivity contribution in [1.82, 2.24) is 0 Å². The molecule has 0 aliphatic rings. The summed E-state index contributed by atoms with van der Waals surface area (Å²) in [6.45, 7) is 0. The first-order valence-electron chi connectivity index (χ1n) is 16.9. The Kier molecular flexibility index (Phi) is 6.90. The second-order valence-corrected chi connectivity index (χ2v) is 14.6. The zero-order valence-corrected chi connectivity index (χ0v) is 28.7. The molecular weight excluding hydrogens is 645 g/mol. The fraction of sp³-hybridized carbons (Fsp3) is 0. The SMILES string of the molecule is c1ccc(N(c2cccc3c2sc2ccccc23)c2ccc(N(c3ccccc3)c3ccccc3)c3c2sc2ccc4ccccc4c23)cc1. The van der Waals surface area contributed by atoms with Crippen molar-refractivity contribution in [1.29, 1.82) is 0 Å². The predicted octanol–water partition coefficient (Wildman–Crippen LogP) is 14.5. The van der Waals surface area contributed by atoms with Crippen LogP contribution in [0.15, 0.2) is 182 Å². The lowest BCUT2D eigenvalue weighted by Crippen LogP contribution is -2.13. The van der Waals surface area contributed by atoms with Crippen LogP contribution < -0.4 is 9.80 Å². The molecule has 4 heteroatoms. The fourth-order valence-electron chi connectivity index (χ4n) is 7.45. The smallest absolute Gasteiger partial charge is 0.0642 e. The van der Waals surface area contributed by atoms with E-state index in [1.54, 1.807) is 0 Å². The molecule has 10 rings (SSSR count). The molecule has 236 valence electrons. The van der Waals surface area contributed by atoms with Crippen LogP contribution in [0.1, 0.15) is 0 Å². The van der Waals surface area contributed by atoms with Gasteiger partial charge in [0, 0.05) is 48.0 Å². The monoisotopic (exact) mass is 674 g/mol. The summed E-state index contributed by atoms with van der Waals surface area (Å²) in [5.41, 5.74) is 6.92. The highest BCUT2D eigenvalue weighted by atomic mass is 32.1. The predicted molar refractivity (Wildman–Crippen MR) is 219 cm³/mol. The van der Waals surface area contributed by atoms with Gasteiger partial charge in [0.05, 0.1) is 26.5 Å². The average molecular weight is 675 g/mol. The molecule has 0 spiro atoms. The zero-order chi connectivity index (χ0) is 33.0. The summed E-state index contributed by atoms with van der Waals surface area (Å²) < 4.78 is 5.13. The molecule has 0 radical (unpaired) electrons. The minimum absolute atomic E-state index is 1.13. The van der Waals surface area contributed by atoms with E-state index in [1.807, 2.05) is 22.7 Å². The van der Waals surface area contributed by atoms with Crippen LogP contribution in [0, 0.1) is 0 Å². The van der Waals surface area contributed by atoms with Crippen LogP contribution >= 0.6 is 22.7 Å². The number of nitrogens with zero attached hydrogens (tertiary/aromatic N) is 2. The van der Waals surface area contributed by atoms with Gasteiger partial charge in [-0.3, -0.25) is 0 Å². The van der Waals surface area contributed by atoms with Crippen molar-refractivity contribution in [2.75, 3.05) is 9.80 Å². The van der Waals surface area contributed by atoms with E-state index in [0.717, 1.165) is 22.7 Å².